The van der Waals surface area contributed by atoms with Crippen LogP contribution >= 0.6 is 11.6 Å². The monoisotopic (exact) mass is 526 g/mol. The van der Waals surface area contributed by atoms with Crippen LogP contribution in [0.25, 0.3) is 16.9 Å². The number of methoxy groups -OCH3 is 2. The maximum Gasteiger partial charge on any atom is 0.218 e. The molecule has 36 heavy (non-hydrogen) atoms. The lowest BCUT2D eigenvalue weighted by Gasteiger charge is -2.35. The van der Waals surface area contributed by atoms with Crippen molar-refractivity contribution in [3.63, 3.8) is 0 Å². The number of hydrogen-bond acceptors (Lipinski definition) is 6. The van der Waals surface area contributed by atoms with Gasteiger partial charge in [-0.05, 0) is 17.7 Å². The van der Waals surface area contributed by atoms with Gasteiger partial charge in [0.15, 0.2) is 0 Å². The molecule has 0 bridgehead atoms. The Kier molecular flexibility index (Phi) is 6.79. The van der Waals surface area contributed by atoms with E-state index >= 15 is 0 Å². The van der Waals surface area contributed by atoms with E-state index in [2.05, 4.69) is 4.90 Å². The number of anilines is 1. The number of pyridine rings is 1. The highest BCUT2D eigenvalue weighted by Crippen LogP contribution is 2.38. The van der Waals surface area contributed by atoms with Gasteiger partial charge in [-0.25, -0.2) is 13.4 Å². The minimum Gasteiger partial charge on any atom is -0.496 e. The molecule has 188 valence electrons. The predicted octanol–water partition coefficient (Wildman–Crippen LogP) is 4.32. The van der Waals surface area contributed by atoms with E-state index in [4.69, 9.17) is 26.1 Å². The molecule has 4 aromatic rings. The van der Waals surface area contributed by atoms with E-state index in [1.807, 2.05) is 59.3 Å². The number of benzene rings is 2. The Balaban J connectivity index is 1.33. The molecule has 3 heterocycles. The molecule has 0 atom stereocenters. The Morgan fingerprint density at radius 2 is 1.67 bits per heavy atom. The first-order valence-electron chi connectivity index (χ1n) is 11.6. The second kappa shape index (κ2) is 10.0. The van der Waals surface area contributed by atoms with Gasteiger partial charge in [0.25, 0.3) is 0 Å². The molecule has 1 aliphatic rings. The van der Waals surface area contributed by atoms with Gasteiger partial charge in [0, 0.05) is 62.0 Å². The molecule has 0 unspecified atom stereocenters. The molecule has 0 amide bonds. The third-order valence-electron chi connectivity index (χ3n) is 6.38. The summed E-state index contributed by atoms with van der Waals surface area (Å²) in [5, 5.41) is 0.478. The third kappa shape index (κ3) is 4.86. The molecule has 8 nitrogen and oxygen atoms in total. The minimum atomic E-state index is -3.36. The van der Waals surface area contributed by atoms with Gasteiger partial charge in [-0.3, -0.25) is 0 Å². The highest BCUT2D eigenvalue weighted by molar-refractivity contribution is 7.88. The van der Waals surface area contributed by atoms with Crippen LogP contribution in [0.1, 0.15) is 5.56 Å². The molecular formula is C26H27ClN4O4S. The maximum absolute atomic E-state index is 12.9. The van der Waals surface area contributed by atoms with E-state index < -0.39 is 10.0 Å². The number of ether oxygens (including phenoxy) is 2. The average molecular weight is 527 g/mol. The number of piperazine rings is 1. The Morgan fingerprint density at radius 1 is 0.944 bits per heavy atom. The lowest BCUT2D eigenvalue weighted by molar-refractivity contribution is 0.384. The summed E-state index contributed by atoms with van der Waals surface area (Å²) in [5.74, 6) is 1.18. The number of fused-ring (bicyclic) bond motifs is 1. The quantitative estimate of drug-likeness (QED) is 0.357. The van der Waals surface area contributed by atoms with Crippen LogP contribution in [-0.2, 0) is 15.8 Å². The number of aromatic nitrogens is 2. The summed E-state index contributed by atoms with van der Waals surface area (Å²) in [4.78, 5) is 6.98. The number of hydrogen-bond donors (Lipinski definition) is 0. The Labute approximate surface area is 215 Å². The molecule has 2 aromatic heterocycles. The molecule has 0 N–H and O–H groups in total. The van der Waals surface area contributed by atoms with Crippen molar-refractivity contribution in [2.45, 2.75) is 5.75 Å². The summed E-state index contributed by atoms with van der Waals surface area (Å²) in [6.07, 6.45) is 3.88. The molecule has 0 saturated carbocycles. The Bertz CT molecular complexity index is 1480. The van der Waals surface area contributed by atoms with E-state index in [1.165, 1.54) is 0 Å². The second-order valence-corrected chi connectivity index (χ2v) is 11.0. The van der Waals surface area contributed by atoms with Crippen LogP contribution in [0.15, 0.2) is 67.0 Å². The van der Waals surface area contributed by atoms with Crippen LogP contribution in [0.5, 0.6) is 11.5 Å². The van der Waals surface area contributed by atoms with Crippen molar-refractivity contribution >= 4 is 33.0 Å². The third-order valence-corrected chi connectivity index (χ3v) is 8.53. The summed E-state index contributed by atoms with van der Waals surface area (Å²) >= 11 is 6.35. The fourth-order valence-corrected chi connectivity index (χ4v) is 6.22. The van der Waals surface area contributed by atoms with Crippen molar-refractivity contribution in [3.8, 4) is 22.8 Å². The molecule has 1 saturated heterocycles. The van der Waals surface area contributed by atoms with Gasteiger partial charge in [-0.15, -0.1) is 0 Å². The van der Waals surface area contributed by atoms with E-state index in [0.717, 1.165) is 28.2 Å². The van der Waals surface area contributed by atoms with Crippen LogP contribution in [0.3, 0.4) is 0 Å². The molecular weight excluding hydrogens is 500 g/mol. The number of rotatable bonds is 7. The van der Waals surface area contributed by atoms with Gasteiger partial charge in [0.1, 0.15) is 17.1 Å². The standard InChI is InChI=1S/C26H27ClN4O4S/c1-34-24-16-25(35-2)22(27)15-21(24)23-17-30-9-8-20(14-26(30)28-23)29-10-12-31(13-11-29)36(32,33)18-19-6-4-3-5-7-19/h3-9,14-17H,10-13,18H2,1-2H3. The lowest BCUT2D eigenvalue weighted by Crippen LogP contribution is -2.49. The number of halogens is 1. The first-order chi connectivity index (χ1) is 17.4. The van der Waals surface area contributed by atoms with Crippen molar-refractivity contribution < 1.29 is 17.9 Å². The Morgan fingerprint density at radius 3 is 2.36 bits per heavy atom. The van der Waals surface area contributed by atoms with E-state index in [-0.39, 0.29) is 5.75 Å². The van der Waals surface area contributed by atoms with Gasteiger partial charge in [0.2, 0.25) is 10.0 Å². The van der Waals surface area contributed by atoms with Gasteiger partial charge < -0.3 is 18.8 Å². The zero-order valence-electron chi connectivity index (χ0n) is 20.1. The zero-order chi connectivity index (χ0) is 25.3. The highest BCUT2D eigenvalue weighted by atomic mass is 35.5. The van der Waals surface area contributed by atoms with Crippen LogP contribution in [0, 0.1) is 0 Å². The zero-order valence-corrected chi connectivity index (χ0v) is 21.7. The van der Waals surface area contributed by atoms with Crippen LogP contribution in [0.2, 0.25) is 5.02 Å². The highest BCUT2D eigenvalue weighted by Gasteiger charge is 2.27. The van der Waals surface area contributed by atoms with Crippen LogP contribution in [0.4, 0.5) is 5.69 Å². The van der Waals surface area contributed by atoms with Crippen molar-refractivity contribution in [1.29, 1.82) is 0 Å². The fraction of sp³-hybridized carbons (Fsp3) is 0.269. The first kappa shape index (κ1) is 24.4. The first-order valence-corrected chi connectivity index (χ1v) is 13.5. The summed E-state index contributed by atoms with van der Waals surface area (Å²) in [7, 11) is -0.203. The van der Waals surface area contributed by atoms with Gasteiger partial charge in [-0.1, -0.05) is 41.9 Å². The minimum absolute atomic E-state index is 0.0233. The SMILES string of the molecule is COc1cc(OC)c(-c2cn3ccc(N4CCN(S(=O)(=O)Cc5ccccc5)CC4)cc3n2)cc1Cl. The summed E-state index contributed by atoms with van der Waals surface area (Å²) in [5.41, 5.74) is 4.07. The van der Waals surface area contributed by atoms with Crippen molar-refractivity contribution in [2.24, 2.45) is 0 Å². The van der Waals surface area contributed by atoms with Crippen molar-refractivity contribution in [1.82, 2.24) is 13.7 Å². The molecule has 10 heteroatoms. The molecule has 1 aliphatic heterocycles. The van der Waals surface area contributed by atoms with E-state index in [0.29, 0.717) is 42.7 Å². The molecule has 0 aliphatic carbocycles. The predicted molar refractivity (Wildman–Crippen MR) is 142 cm³/mol. The largest absolute Gasteiger partial charge is 0.496 e. The van der Waals surface area contributed by atoms with Gasteiger partial charge in [0.05, 0.1) is 30.7 Å². The van der Waals surface area contributed by atoms with Crippen LogP contribution in [-0.4, -0.2) is 62.5 Å². The Hall–Kier alpha value is -3.27. The number of imidazole rings is 1. The topological polar surface area (TPSA) is 76.4 Å². The van der Waals surface area contributed by atoms with Crippen molar-refractivity contribution in [3.05, 3.63) is 77.6 Å². The molecule has 1 fully saturated rings. The summed E-state index contributed by atoms with van der Waals surface area (Å²) < 4.78 is 40.1. The average Bonchev–Trinajstić information content (AvgIpc) is 3.32. The second-order valence-electron chi connectivity index (χ2n) is 8.59. The van der Waals surface area contributed by atoms with Crippen molar-refractivity contribution in [2.75, 3.05) is 45.3 Å². The van der Waals surface area contributed by atoms with E-state index in [1.54, 1.807) is 30.7 Å². The lowest BCUT2D eigenvalue weighted by atomic mass is 10.1. The van der Waals surface area contributed by atoms with Crippen LogP contribution < -0.4 is 14.4 Å². The van der Waals surface area contributed by atoms with Gasteiger partial charge in [-0.2, -0.15) is 4.31 Å². The molecule has 2 aromatic carbocycles. The summed E-state index contributed by atoms with van der Waals surface area (Å²) in [6, 6.07) is 16.9. The number of nitrogens with zero attached hydrogens (tertiary/aromatic N) is 4. The molecule has 0 spiro atoms. The fourth-order valence-electron chi connectivity index (χ4n) is 4.46. The summed E-state index contributed by atoms with van der Waals surface area (Å²) in [6.45, 7) is 2.11. The van der Waals surface area contributed by atoms with E-state index in [9.17, 15) is 8.42 Å². The number of sulfonamides is 1. The smallest absolute Gasteiger partial charge is 0.218 e. The molecule has 5 rings (SSSR count). The maximum atomic E-state index is 12.9. The molecule has 0 radical (unpaired) electrons. The van der Waals surface area contributed by atoms with Gasteiger partial charge >= 0.3 is 0 Å². The normalized spacial score (nSPS) is 14.8.